The maximum Gasteiger partial charge on any atom is 0.263 e. The van der Waals surface area contributed by atoms with E-state index in [1.165, 1.54) is 34.4 Å². The number of hydrogen-bond donors (Lipinski definition) is 2. The van der Waals surface area contributed by atoms with Crippen molar-refractivity contribution >= 4 is 61.5 Å². The number of aromatic nitrogens is 2. The normalized spacial score (nSPS) is 15.5. The van der Waals surface area contributed by atoms with Crippen LogP contribution in [0, 0.1) is 13.8 Å². The molecule has 0 bridgehead atoms. The van der Waals surface area contributed by atoms with Gasteiger partial charge in [-0.1, -0.05) is 24.6 Å². The largest absolute Gasteiger partial charge is 0.366 e. The van der Waals surface area contributed by atoms with E-state index in [0.717, 1.165) is 41.0 Å². The molecular weight excluding hydrogens is 452 g/mol. The van der Waals surface area contributed by atoms with Crippen molar-refractivity contribution in [1.29, 1.82) is 0 Å². The summed E-state index contributed by atoms with van der Waals surface area (Å²) in [4.78, 5) is 44.5. The highest BCUT2D eigenvalue weighted by Crippen LogP contribution is 2.36. The van der Waals surface area contributed by atoms with Crippen molar-refractivity contribution in [3.63, 3.8) is 0 Å². The lowest BCUT2D eigenvalue weighted by Crippen LogP contribution is -2.29. The maximum atomic E-state index is 13.5. The van der Waals surface area contributed by atoms with E-state index in [-0.39, 0.29) is 17.5 Å². The number of carbonyl (C=O) groups is 2. The van der Waals surface area contributed by atoms with Crippen LogP contribution in [0.1, 0.15) is 59.4 Å². The summed E-state index contributed by atoms with van der Waals surface area (Å²) >= 11 is 4.05. The summed E-state index contributed by atoms with van der Waals surface area (Å²) in [5, 5.41) is 5.70. The van der Waals surface area contributed by atoms with Gasteiger partial charge in [0.15, 0.2) is 5.16 Å². The third-order valence-corrected chi connectivity index (χ3v) is 8.71. The van der Waals surface area contributed by atoms with Crippen molar-refractivity contribution in [2.45, 2.75) is 62.9 Å². The van der Waals surface area contributed by atoms with Crippen LogP contribution >= 0.6 is 34.4 Å². The molecule has 3 N–H and O–H groups in total. The summed E-state index contributed by atoms with van der Waals surface area (Å²) in [6.45, 7) is 5.75. The zero-order valence-corrected chi connectivity index (χ0v) is 20.0. The van der Waals surface area contributed by atoms with Crippen LogP contribution in [0.4, 0.5) is 5.00 Å². The zero-order valence-electron chi connectivity index (χ0n) is 17.6. The van der Waals surface area contributed by atoms with Gasteiger partial charge < -0.3 is 11.1 Å². The number of anilines is 1. The average molecular weight is 477 g/mol. The van der Waals surface area contributed by atoms with Crippen molar-refractivity contribution in [1.82, 2.24) is 9.55 Å². The van der Waals surface area contributed by atoms with Crippen molar-refractivity contribution in [2.24, 2.45) is 5.73 Å². The number of nitrogens with zero attached hydrogens (tertiary/aromatic N) is 2. The second kappa shape index (κ2) is 8.76. The summed E-state index contributed by atoms with van der Waals surface area (Å²) in [5.41, 5.74) is 6.64. The first-order chi connectivity index (χ1) is 14.8. The monoisotopic (exact) mass is 476 g/mol. The van der Waals surface area contributed by atoms with Crippen LogP contribution in [0.3, 0.4) is 0 Å². The molecule has 1 aliphatic carbocycles. The number of thiophene rings is 2. The molecule has 3 heterocycles. The molecule has 2 amide bonds. The van der Waals surface area contributed by atoms with Crippen molar-refractivity contribution < 1.29 is 9.59 Å². The molecule has 3 aromatic heterocycles. The molecule has 31 heavy (non-hydrogen) atoms. The first-order valence-corrected chi connectivity index (χ1v) is 12.7. The van der Waals surface area contributed by atoms with Gasteiger partial charge in [0.05, 0.1) is 16.2 Å². The Morgan fingerprint density at radius 2 is 2.03 bits per heavy atom. The molecule has 1 atom stereocenters. The van der Waals surface area contributed by atoms with Gasteiger partial charge in [-0.3, -0.25) is 19.0 Å². The third-order valence-electron chi connectivity index (χ3n) is 5.71. The second-order valence-electron chi connectivity index (χ2n) is 7.75. The van der Waals surface area contributed by atoms with Crippen LogP contribution < -0.4 is 16.6 Å². The lowest BCUT2D eigenvalue weighted by Gasteiger charge is -2.20. The fraction of sp³-hybridized carbons (Fsp3) is 0.429. The molecule has 0 aliphatic heterocycles. The van der Waals surface area contributed by atoms with Gasteiger partial charge in [-0.05, 0) is 50.6 Å². The smallest absolute Gasteiger partial charge is 0.263 e. The highest BCUT2D eigenvalue weighted by molar-refractivity contribution is 8.00. The Morgan fingerprint density at radius 3 is 2.71 bits per heavy atom. The Morgan fingerprint density at radius 1 is 1.32 bits per heavy atom. The minimum absolute atomic E-state index is 0.0110. The van der Waals surface area contributed by atoms with Gasteiger partial charge in [0.25, 0.3) is 11.5 Å². The lowest BCUT2D eigenvalue weighted by atomic mass is 10.2. The SMILES string of the molecule is Cc1sc2nc(SC(C)C(=O)Nc3sccc3C(N)=O)n(C3CCCC3)c(=O)c2c1C. The Labute approximate surface area is 192 Å². The topological polar surface area (TPSA) is 107 Å². The Balaban J connectivity index is 1.67. The summed E-state index contributed by atoms with van der Waals surface area (Å²) in [6, 6.07) is 1.70. The van der Waals surface area contributed by atoms with Gasteiger partial charge in [-0.15, -0.1) is 22.7 Å². The fourth-order valence-electron chi connectivity index (χ4n) is 3.88. The van der Waals surface area contributed by atoms with Crippen LogP contribution in [0.25, 0.3) is 10.2 Å². The standard InChI is InChI=1S/C21H24N4O3S3/c1-10-11(2)30-19-15(10)20(28)25(13-6-4-5-7-13)21(24-19)31-12(3)17(27)23-18-14(16(22)26)8-9-29-18/h8-9,12-13H,4-7H2,1-3H3,(H2,22,26)(H,23,27). The highest BCUT2D eigenvalue weighted by atomic mass is 32.2. The van der Waals surface area contributed by atoms with Crippen molar-refractivity contribution in [2.75, 3.05) is 5.32 Å². The number of fused-ring (bicyclic) bond motifs is 1. The second-order valence-corrected chi connectivity index (χ2v) is 11.2. The number of primary amides is 1. The number of thioether (sulfide) groups is 1. The van der Waals surface area contributed by atoms with Crippen LogP contribution in [-0.2, 0) is 4.79 Å². The number of nitrogens with one attached hydrogen (secondary N) is 1. The van der Waals surface area contributed by atoms with Crippen LogP contribution in [0.5, 0.6) is 0 Å². The minimum Gasteiger partial charge on any atom is -0.366 e. The molecule has 4 rings (SSSR count). The molecule has 1 fully saturated rings. The summed E-state index contributed by atoms with van der Waals surface area (Å²) < 4.78 is 1.81. The zero-order chi connectivity index (χ0) is 22.3. The van der Waals surface area contributed by atoms with Crippen LogP contribution in [-0.4, -0.2) is 26.6 Å². The van der Waals surface area contributed by atoms with Crippen molar-refractivity contribution in [3.05, 3.63) is 37.8 Å². The van der Waals surface area contributed by atoms with E-state index in [0.29, 0.717) is 21.1 Å². The van der Waals surface area contributed by atoms with E-state index in [1.807, 2.05) is 18.4 Å². The van der Waals surface area contributed by atoms with Gasteiger partial charge in [-0.25, -0.2) is 4.98 Å². The first kappa shape index (κ1) is 22.0. The van der Waals surface area contributed by atoms with Gasteiger partial charge in [0, 0.05) is 10.9 Å². The predicted molar refractivity (Wildman–Crippen MR) is 128 cm³/mol. The van der Waals surface area contributed by atoms with E-state index < -0.39 is 11.2 Å². The number of hydrogen-bond acceptors (Lipinski definition) is 7. The van der Waals surface area contributed by atoms with Gasteiger partial charge in [-0.2, -0.15) is 0 Å². The summed E-state index contributed by atoms with van der Waals surface area (Å²) in [5.74, 6) is -0.844. The Hall–Kier alpha value is -2.17. The van der Waals surface area contributed by atoms with E-state index in [9.17, 15) is 14.4 Å². The molecule has 1 saturated carbocycles. The van der Waals surface area contributed by atoms with E-state index in [1.54, 1.807) is 18.4 Å². The Kier molecular flexibility index (Phi) is 6.23. The number of carbonyl (C=O) groups excluding carboxylic acids is 2. The number of aryl methyl sites for hydroxylation is 2. The molecule has 0 saturated heterocycles. The minimum atomic E-state index is -0.581. The first-order valence-electron chi connectivity index (χ1n) is 10.1. The number of nitrogens with two attached hydrogens (primary N) is 1. The number of rotatable bonds is 6. The summed E-state index contributed by atoms with van der Waals surface area (Å²) in [7, 11) is 0. The molecule has 7 nitrogen and oxygen atoms in total. The Bertz CT molecular complexity index is 1220. The molecule has 3 aromatic rings. The van der Waals surface area contributed by atoms with Crippen LogP contribution in [0.15, 0.2) is 21.4 Å². The molecular formula is C21H24N4O3S3. The summed E-state index contributed by atoms with van der Waals surface area (Å²) in [6.07, 6.45) is 4.07. The molecule has 164 valence electrons. The average Bonchev–Trinajstić information content (AvgIpc) is 3.44. The molecule has 0 aromatic carbocycles. The predicted octanol–water partition coefficient (Wildman–Crippen LogP) is 4.47. The lowest BCUT2D eigenvalue weighted by molar-refractivity contribution is -0.115. The fourth-order valence-corrected chi connectivity index (χ4v) is 6.73. The van der Waals surface area contributed by atoms with Gasteiger partial charge >= 0.3 is 0 Å². The van der Waals surface area contributed by atoms with E-state index >= 15 is 0 Å². The molecule has 0 radical (unpaired) electrons. The maximum absolute atomic E-state index is 13.5. The highest BCUT2D eigenvalue weighted by Gasteiger charge is 2.27. The molecule has 1 unspecified atom stereocenters. The van der Waals surface area contributed by atoms with Crippen LogP contribution in [0.2, 0.25) is 0 Å². The quantitative estimate of drug-likeness (QED) is 0.403. The number of amides is 2. The third kappa shape index (κ3) is 4.16. The van der Waals surface area contributed by atoms with Gasteiger partial charge in [0.1, 0.15) is 9.83 Å². The van der Waals surface area contributed by atoms with Gasteiger partial charge in [0.2, 0.25) is 5.91 Å². The van der Waals surface area contributed by atoms with E-state index in [2.05, 4.69) is 5.32 Å². The molecule has 10 heteroatoms. The van der Waals surface area contributed by atoms with E-state index in [4.69, 9.17) is 10.7 Å². The van der Waals surface area contributed by atoms with Crippen molar-refractivity contribution in [3.8, 4) is 0 Å². The molecule has 0 spiro atoms. The molecule has 1 aliphatic rings.